The fourth-order valence-corrected chi connectivity index (χ4v) is 2.13. The largest absolute Gasteiger partial charge is 0.390 e. The molecule has 1 heterocycles. The third-order valence-electron chi connectivity index (χ3n) is 3.32. The van der Waals surface area contributed by atoms with Crippen molar-refractivity contribution >= 4 is 0 Å². The fourth-order valence-electron chi connectivity index (χ4n) is 2.13. The molecule has 4 heteroatoms. The molecule has 0 aromatic heterocycles. The van der Waals surface area contributed by atoms with E-state index in [0.29, 0.717) is 13.2 Å². The first-order valence-electron chi connectivity index (χ1n) is 6.75. The first-order chi connectivity index (χ1) is 8.07. The third-order valence-corrected chi connectivity index (χ3v) is 3.32. The Bertz CT molecular complexity index is 193. The van der Waals surface area contributed by atoms with E-state index in [2.05, 4.69) is 4.90 Å². The maximum absolute atomic E-state index is 9.86. The van der Waals surface area contributed by atoms with Crippen molar-refractivity contribution in [3.63, 3.8) is 0 Å². The lowest BCUT2D eigenvalue weighted by Gasteiger charge is -2.36. The molecule has 0 radical (unpaired) electrons. The van der Waals surface area contributed by atoms with Gasteiger partial charge >= 0.3 is 0 Å². The summed E-state index contributed by atoms with van der Waals surface area (Å²) < 4.78 is 11.0. The van der Waals surface area contributed by atoms with Gasteiger partial charge in [-0.05, 0) is 33.6 Å². The van der Waals surface area contributed by atoms with Crippen molar-refractivity contribution in [1.29, 1.82) is 0 Å². The Morgan fingerprint density at radius 1 is 1.18 bits per heavy atom. The number of piperidine rings is 1. The van der Waals surface area contributed by atoms with Crippen molar-refractivity contribution in [2.45, 2.75) is 51.9 Å². The second-order valence-corrected chi connectivity index (χ2v) is 4.97. The molecule has 0 saturated carbocycles. The SMILES string of the molecule is CCOC(CCN1CCC(C)(O)CC1)OCC. The van der Waals surface area contributed by atoms with Gasteiger partial charge in [0, 0.05) is 39.3 Å². The molecule has 0 aliphatic carbocycles. The molecule has 1 saturated heterocycles. The quantitative estimate of drug-likeness (QED) is 0.692. The predicted molar refractivity (Wildman–Crippen MR) is 68.0 cm³/mol. The summed E-state index contributed by atoms with van der Waals surface area (Å²) in [5.41, 5.74) is -0.463. The molecule has 0 unspecified atom stereocenters. The van der Waals surface area contributed by atoms with Crippen LogP contribution in [0, 0.1) is 0 Å². The number of hydrogen-bond donors (Lipinski definition) is 1. The Hall–Kier alpha value is -0.160. The van der Waals surface area contributed by atoms with E-state index in [0.717, 1.165) is 38.9 Å². The lowest BCUT2D eigenvalue weighted by molar-refractivity contribution is -0.142. The van der Waals surface area contributed by atoms with Crippen LogP contribution in [0.5, 0.6) is 0 Å². The van der Waals surface area contributed by atoms with Gasteiger partial charge in [-0.3, -0.25) is 0 Å². The first kappa shape index (κ1) is 14.9. The third kappa shape index (κ3) is 5.82. The molecule has 102 valence electrons. The Morgan fingerprint density at radius 3 is 2.18 bits per heavy atom. The Balaban J connectivity index is 2.21. The van der Waals surface area contributed by atoms with Crippen molar-refractivity contribution in [2.75, 3.05) is 32.8 Å². The summed E-state index contributed by atoms with van der Waals surface area (Å²) in [7, 11) is 0. The Labute approximate surface area is 105 Å². The number of likely N-dealkylation sites (tertiary alicyclic amines) is 1. The molecular weight excluding hydrogens is 218 g/mol. The van der Waals surface area contributed by atoms with Crippen molar-refractivity contribution in [3.8, 4) is 0 Å². The zero-order valence-corrected chi connectivity index (χ0v) is 11.4. The summed E-state index contributed by atoms with van der Waals surface area (Å²) in [4.78, 5) is 2.38. The first-order valence-corrected chi connectivity index (χ1v) is 6.75. The molecule has 0 bridgehead atoms. The van der Waals surface area contributed by atoms with E-state index in [-0.39, 0.29) is 6.29 Å². The van der Waals surface area contributed by atoms with Crippen LogP contribution >= 0.6 is 0 Å². The van der Waals surface area contributed by atoms with Gasteiger partial charge < -0.3 is 19.5 Å². The monoisotopic (exact) mass is 245 g/mol. The molecule has 1 rings (SSSR count). The number of nitrogens with zero attached hydrogens (tertiary/aromatic N) is 1. The van der Waals surface area contributed by atoms with Crippen molar-refractivity contribution in [3.05, 3.63) is 0 Å². The summed E-state index contributed by atoms with van der Waals surface area (Å²) in [5, 5.41) is 9.86. The molecule has 1 aliphatic rings. The fraction of sp³-hybridized carbons (Fsp3) is 1.00. The van der Waals surface area contributed by atoms with Crippen LogP contribution in [0.4, 0.5) is 0 Å². The average molecular weight is 245 g/mol. The molecule has 0 aromatic carbocycles. The normalized spacial score (nSPS) is 21.0. The molecule has 0 atom stereocenters. The molecule has 4 nitrogen and oxygen atoms in total. The summed E-state index contributed by atoms with van der Waals surface area (Å²) >= 11 is 0. The molecule has 0 aromatic rings. The summed E-state index contributed by atoms with van der Waals surface area (Å²) in [6, 6.07) is 0. The van der Waals surface area contributed by atoms with E-state index in [9.17, 15) is 5.11 Å². The lowest BCUT2D eigenvalue weighted by Crippen LogP contribution is -2.43. The summed E-state index contributed by atoms with van der Waals surface area (Å²) in [5.74, 6) is 0. The van der Waals surface area contributed by atoms with Gasteiger partial charge in [-0.1, -0.05) is 0 Å². The molecule has 1 N–H and O–H groups in total. The Morgan fingerprint density at radius 2 is 1.71 bits per heavy atom. The minimum atomic E-state index is -0.463. The van der Waals surface area contributed by atoms with Crippen LogP contribution in [0.25, 0.3) is 0 Å². The Kier molecular flexibility index (Phi) is 6.41. The number of hydrogen-bond acceptors (Lipinski definition) is 4. The minimum Gasteiger partial charge on any atom is -0.390 e. The summed E-state index contributed by atoms with van der Waals surface area (Å²) in [6.07, 6.45) is 2.55. The highest BCUT2D eigenvalue weighted by molar-refractivity contribution is 4.81. The highest BCUT2D eigenvalue weighted by Gasteiger charge is 2.27. The maximum Gasteiger partial charge on any atom is 0.158 e. The van der Waals surface area contributed by atoms with Crippen LogP contribution in [0.15, 0.2) is 0 Å². The van der Waals surface area contributed by atoms with Gasteiger partial charge in [-0.25, -0.2) is 0 Å². The van der Waals surface area contributed by atoms with Gasteiger partial charge in [0.1, 0.15) is 0 Å². The van der Waals surface area contributed by atoms with E-state index < -0.39 is 5.60 Å². The van der Waals surface area contributed by atoms with Crippen LogP contribution in [-0.4, -0.2) is 54.7 Å². The average Bonchev–Trinajstić information content (AvgIpc) is 2.28. The molecule has 0 amide bonds. The zero-order valence-electron chi connectivity index (χ0n) is 11.4. The van der Waals surface area contributed by atoms with Crippen molar-refractivity contribution in [2.24, 2.45) is 0 Å². The smallest absolute Gasteiger partial charge is 0.158 e. The van der Waals surface area contributed by atoms with Crippen LogP contribution in [0.3, 0.4) is 0 Å². The second kappa shape index (κ2) is 7.31. The standard InChI is InChI=1S/C13H27NO3/c1-4-16-12(17-5-2)6-9-14-10-7-13(3,15)8-11-14/h12,15H,4-11H2,1-3H3. The van der Waals surface area contributed by atoms with Crippen LogP contribution in [-0.2, 0) is 9.47 Å². The molecule has 1 aliphatic heterocycles. The van der Waals surface area contributed by atoms with E-state index in [1.165, 1.54) is 0 Å². The molecule has 0 spiro atoms. The van der Waals surface area contributed by atoms with Crippen LogP contribution < -0.4 is 0 Å². The minimum absolute atomic E-state index is 0.0764. The van der Waals surface area contributed by atoms with Gasteiger partial charge in [-0.2, -0.15) is 0 Å². The summed E-state index contributed by atoms with van der Waals surface area (Å²) in [6.45, 7) is 10.2. The highest BCUT2D eigenvalue weighted by atomic mass is 16.7. The molecular formula is C13H27NO3. The van der Waals surface area contributed by atoms with Gasteiger partial charge in [0.15, 0.2) is 6.29 Å². The van der Waals surface area contributed by atoms with Gasteiger partial charge in [0.25, 0.3) is 0 Å². The van der Waals surface area contributed by atoms with Crippen LogP contribution in [0.2, 0.25) is 0 Å². The van der Waals surface area contributed by atoms with Crippen molar-refractivity contribution < 1.29 is 14.6 Å². The van der Waals surface area contributed by atoms with E-state index in [1.54, 1.807) is 0 Å². The number of rotatable bonds is 7. The maximum atomic E-state index is 9.86. The number of ether oxygens (including phenoxy) is 2. The van der Waals surface area contributed by atoms with E-state index in [1.807, 2.05) is 20.8 Å². The zero-order chi connectivity index (χ0) is 12.7. The topological polar surface area (TPSA) is 41.9 Å². The predicted octanol–water partition coefficient (Wildman–Crippen LogP) is 1.62. The second-order valence-electron chi connectivity index (χ2n) is 4.97. The number of aliphatic hydroxyl groups is 1. The lowest BCUT2D eigenvalue weighted by atomic mass is 9.94. The van der Waals surface area contributed by atoms with Gasteiger partial charge in [0.05, 0.1) is 5.60 Å². The molecule has 1 fully saturated rings. The molecule has 17 heavy (non-hydrogen) atoms. The van der Waals surface area contributed by atoms with Gasteiger partial charge in [-0.15, -0.1) is 0 Å². The van der Waals surface area contributed by atoms with Crippen molar-refractivity contribution in [1.82, 2.24) is 4.90 Å². The van der Waals surface area contributed by atoms with E-state index in [4.69, 9.17) is 9.47 Å². The highest BCUT2D eigenvalue weighted by Crippen LogP contribution is 2.21. The van der Waals surface area contributed by atoms with E-state index >= 15 is 0 Å². The van der Waals surface area contributed by atoms with Gasteiger partial charge in [0.2, 0.25) is 0 Å². The van der Waals surface area contributed by atoms with Crippen LogP contribution in [0.1, 0.15) is 40.0 Å².